The number of ether oxygens (including phenoxy) is 2. The number of methoxy groups -OCH3 is 1. The number of carbonyl (C=O) groups excluding carboxylic acids is 1. The molecule has 7 heteroatoms. The molecule has 3 aromatic carbocycles. The minimum Gasteiger partial charge on any atom is -0.493 e. The van der Waals surface area contributed by atoms with Gasteiger partial charge in [0.25, 0.3) is 5.91 Å². The zero-order chi connectivity index (χ0) is 22.9. The first kappa shape index (κ1) is 22.4. The zero-order valence-corrected chi connectivity index (χ0v) is 17.9. The van der Waals surface area contributed by atoms with E-state index in [2.05, 4.69) is 11.4 Å². The van der Waals surface area contributed by atoms with E-state index in [9.17, 15) is 15.3 Å². The number of halogens is 1. The van der Waals surface area contributed by atoms with Gasteiger partial charge in [-0.25, -0.2) is 0 Å². The number of benzene rings is 3. The van der Waals surface area contributed by atoms with Crippen LogP contribution >= 0.6 is 11.6 Å². The lowest BCUT2D eigenvalue weighted by Gasteiger charge is -2.14. The van der Waals surface area contributed by atoms with E-state index in [0.29, 0.717) is 33.9 Å². The molecule has 0 radical (unpaired) electrons. The van der Waals surface area contributed by atoms with E-state index in [1.807, 2.05) is 18.2 Å². The Kier molecular flexibility index (Phi) is 7.48. The number of carbonyl (C=O) groups is 1. The summed E-state index contributed by atoms with van der Waals surface area (Å²) in [7, 11) is 1.46. The summed E-state index contributed by atoms with van der Waals surface area (Å²) in [6.45, 7) is 0.123. The highest BCUT2D eigenvalue weighted by Gasteiger charge is 2.15. The number of anilines is 1. The molecule has 3 rings (SSSR count). The molecular weight excluding hydrogens is 426 g/mol. The molecule has 0 aliphatic carbocycles. The molecule has 0 saturated carbocycles. The SMILES string of the molecule is COc1cc(/C=C(/C#N)C(=O)Nc2ccccc2)cc(Cl)c1OCc1ccccc1C#N. The Labute approximate surface area is 190 Å². The van der Waals surface area contributed by atoms with Crippen LogP contribution in [0.1, 0.15) is 16.7 Å². The molecule has 0 aliphatic rings. The van der Waals surface area contributed by atoms with Gasteiger partial charge in [-0.3, -0.25) is 4.79 Å². The van der Waals surface area contributed by atoms with Crippen molar-refractivity contribution in [3.8, 4) is 23.6 Å². The molecule has 1 amide bonds. The fourth-order valence-electron chi connectivity index (χ4n) is 2.90. The molecule has 0 atom stereocenters. The van der Waals surface area contributed by atoms with Crippen LogP contribution in [-0.4, -0.2) is 13.0 Å². The lowest BCUT2D eigenvalue weighted by Crippen LogP contribution is -2.13. The maximum absolute atomic E-state index is 12.5. The molecule has 0 bridgehead atoms. The Hall–Kier alpha value is -4.26. The summed E-state index contributed by atoms with van der Waals surface area (Å²) >= 11 is 6.41. The molecule has 158 valence electrons. The van der Waals surface area contributed by atoms with Crippen LogP contribution in [0, 0.1) is 22.7 Å². The summed E-state index contributed by atoms with van der Waals surface area (Å²) in [6.07, 6.45) is 1.42. The normalized spacial score (nSPS) is 10.6. The maximum atomic E-state index is 12.5. The number of nitriles is 2. The number of hydrogen-bond acceptors (Lipinski definition) is 5. The van der Waals surface area contributed by atoms with E-state index >= 15 is 0 Å². The first-order valence-corrected chi connectivity index (χ1v) is 9.90. The topological polar surface area (TPSA) is 95.1 Å². The van der Waals surface area contributed by atoms with E-state index in [4.69, 9.17) is 21.1 Å². The molecule has 32 heavy (non-hydrogen) atoms. The molecule has 0 saturated heterocycles. The Morgan fingerprint density at radius 3 is 2.50 bits per heavy atom. The third-order valence-electron chi connectivity index (χ3n) is 4.47. The van der Waals surface area contributed by atoms with E-state index in [-0.39, 0.29) is 17.2 Å². The Morgan fingerprint density at radius 1 is 1.09 bits per heavy atom. The third-order valence-corrected chi connectivity index (χ3v) is 4.75. The van der Waals surface area contributed by atoms with Crippen LogP contribution in [0.2, 0.25) is 5.02 Å². The van der Waals surface area contributed by atoms with Crippen molar-refractivity contribution in [1.29, 1.82) is 10.5 Å². The fourth-order valence-corrected chi connectivity index (χ4v) is 3.18. The lowest BCUT2D eigenvalue weighted by atomic mass is 10.1. The van der Waals surface area contributed by atoms with Gasteiger partial charge in [-0.1, -0.05) is 48.0 Å². The Morgan fingerprint density at radius 2 is 1.81 bits per heavy atom. The third kappa shape index (κ3) is 5.46. The number of nitrogens with zero attached hydrogens (tertiary/aromatic N) is 2. The zero-order valence-electron chi connectivity index (χ0n) is 17.1. The lowest BCUT2D eigenvalue weighted by molar-refractivity contribution is -0.112. The molecular formula is C25H18ClN3O3. The summed E-state index contributed by atoms with van der Waals surface area (Å²) in [5, 5.41) is 21.6. The second kappa shape index (κ2) is 10.7. The monoisotopic (exact) mass is 443 g/mol. The van der Waals surface area contributed by atoms with Gasteiger partial charge >= 0.3 is 0 Å². The molecule has 6 nitrogen and oxygen atoms in total. The van der Waals surface area contributed by atoms with Crippen molar-refractivity contribution in [2.24, 2.45) is 0 Å². The minimum absolute atomic E-state index is 0.0939. The average Bonchev–Trinajstić information content (AvgIpc) is 2.82. The first-order valence-electron chi connectivity index (χ1n) is 9.52. The van der Waals surface area contributed by atoms with Gasteiger partial charge in [-0.2, -0.15) is 10.5 Å². The second-order valence-corrected chi connectivity index (χ2v) is 6.99. The number of para-hydroxylation sites is 1. The number of nitrogens with one attached hydrogen (secondary N) is 1. The minimum atomic E-state index is -0.540. The van der Waals surface area contributed by atoms with Crippen LogP contribution in [0.4, 0.5) is 5.69 Å². The van der Waals surface area contributed by atoms with E-state index in [1.54, 1.807) is 54.6 Å². The van der Waals surface area contributed by atoms with Crippen molar-refractivity contribution in [3.05, 3.63) is 94.0 Å². The Balaban J connectivity index is 1.84. The van der Waals surface area contributed by atoms with Crippen molar-refractivity contribution < 1.29 is 14.3 Å². The number of amides is 1. The van der Waals surface area contributed by atoms with Gasteiger partial charge in [0.2, 0.25) is 0 Å². The molecule has 0 unspecified atom stereocenters. The molecule has 0 heterocycles. The summed E-state index contributed by atoms with van der Waals surface area (Å²) in [6, 6.07) is 23.1. The Bertz CT molecular complexity index is 1240. The van der Waals surface area contributed by atoms with Crippen LogP contribution in [0.15, 0.2) is 72.3 Å². The smallest absolute Gasteiger partial charge is 0.266 e. The highest BCUT2D eigenvalue weighted by Crippen LogP contribution is 2.37. The van der Waals surface area contributed by atoms with Gasteiger partial charge in [-0.05, 0) is 42.0 Å². The second-order valence-electron chi connectivity index (χ2n) is 6.58. The largest absolute Gasteiger partial charge is 0.493 e. The van der Waals surface area contributed by atoms with Gasteiger partial charge in [0, 0.05) is 11.3 Å². The van der Waals surface area contributed by atoms with Crippen LogP contribution in [0.3, 0.4) is 0 Å². The molecule has 0 aliphatic heterocycles. The molecule has 3 aromatic rings. The van der Waals surface area contributed by atoms with Crippen molar-refractivity contribution in [2.45, 2.75) is 6.61 Å². The molecule has 0 aromatic heterocycles. The average molecular weight is 444 g/mol. The van der Waals surface area contributed by atoms with E-state index in [1.165, 1.54) is 13.2 Å². The van der Waals surface area contributed by atoms with Crippen LogP contribution in [0.5, 0.6) is 11.5 Å². The molecule has 1 N–H and O–H groups in total. The van der Waals surface area contributed by atoms with Gasteiger partial charge in [0.05, 0.1) is 23.8 Å². The first-order chi connectivity index (χ1) is 15.5. The van der Waals surface area contributed by atoms with Gasteiger partial charge in [0.15, 0.2) is 11.5 Å². The van der Waals surface area contributed by atoms with Gasteiger partial charge in [-0.15, -0.1) is 0 Å². The highest BCUT2D eigenvalue weighted by atomic mass is 35.5. The predicted molar refractivity (Wildman–Crippen MR) is 122 cm³/mol. The molecule has 0 spiro atoms. The van der Waals surface area contributed by atoms with Crippen LogP contribution in [0.25, 0.3) is 6.08 Å². The number of rotatable bonds is 7. The summed E-state index contributed by atoms with van der Waals surface area (Å²) < 4.78 is 11.2. The van der Waals surface area contributed by atoms with Crippen molar-refractivity contribution in [2.75, 3.05) is 12.4 Å². The quantitative estimate of drug-likeness (QED) is 0.392. The summed E-state index contributed by atoms with van der Waals surface area (Å²) in [4.78, 5) is 12.5. The van der Waals surface area contributed by atoms with Gasteiger partial charge < -0.3 is 14.8 Å². The van der Waals surface area contributed by atoms with E-state index < -0.39 is 5.91 Å². The fraction of sp³-hybridized carbons (Fsp3) is 0.0800. The van der Waals surface area contributed by atoms with Crippen molar-refractivity contribution in [1.82, 2.24) is 0 Å². The van der Waals surface area contributed by atoms with Crippen molar-refractivity contribution >= 4 is 29.3 Å². The maximum Gasteiger partial charge on any atom is 0.266 e. The summed E-state index contributed by atoms with van der Waals surface area (Å²) in [5.41, 5.74) is 2.20. The highest BCUT2D eigenvalue weighted by molar-refractivity contribution is 6.32. The number of hydrogen-bond donors (Lipinski definition) is 1. The van der Waals surface area contributed by atoms with E-state index in [0.717, 1.165) is 0 Å². The summed E-state index contributed by atoms with van der Waals surface area (Å²) in [5.74, 6) is 0.0903. The molecule has 0 fully saturated rings. The van der Waals surface area contributed by atoms with Gasteiger partial charge in [0.1, 0.15) is 18.2 Å². The predicted octanol–water partition coefficient (Wildman–Crippen LogP) is 5.34. The van der Waals surface area contributed by atoms with Crippen molar-refractivity contribution in [3.63, 3.8) is 0 Å². The standard InChI is InChI=1S/C25H18ClN3O3/c1-31-23-13-17(11-20(15-28)25(30)29-21-9-3-2-4-10-21)12-22(26)24(23)32-16-19-8-6-5-7-18(19)14-27/h2-13H,16H2,1H3,(H,29,30)/b20-11-. The van der Waals surface area contributed by atoms with Crippen LogP contribution < -0.4 is 14.8 Å². The van der Waals surface area contributed by atoms with Crippen LogP contribution in [-0.2, 0) is 11.4 Å².